The molecule has 19 atom stereocenters. The maximum absolute atomic E-state index is 2.71. The van der Waals surface area contributed by atoms with Crippen molar-refractivity contribution in [3.05, 3.63) is 0 Å². The molecule has 19 unspecified atom stereocenters. The van der Waals surface area contributed by atoms with Crippen LogP contribution in [0.5, 0.6) is 0 Å². The van der Waals surface area contributed by atoms with Crippen molar-refractivity contribution in [1.29, 1.82) is 0 Å². The fourth-order valence-electron chi connectivity index (χ4n) is 17.8. The van der Waals surface area contributed by atoms with Gasteiger partial charge in [-0.15, -0.1) is 0 Å². The van der Waals surface area contributed by atoms with E-state index in [0.717, 1.165) is 59.2 Å². The molecule has 10 aliphatic carbocycles. The normalized spacial score (nSPS) is 64.4. The van der Waals surface area contributed by atoms with Crippen molar-refractivity contribution in [3.63, 3.8) is 0 Å². The van der Waals surface area contributed by atoms with Gasteiger partial charge in [0.05, 0.1) is 0 Å². The topological polar surface area (TPSA) is 0 Å². The smallest absolute Gasteiger partial charge is 0.0312 e. The predicted octanol–water partition coefficient (Wildman–Crippen LogP) is 10.3. The molecule has 0 aliphatic heterocycles. The van der Waals surface area contributed by atoms with Gasteiger partial charge in [-0.2, -0.15) is 0 Å². The van der Waals surface area contributed by atoms with E-state index in [1.54, 1.807) is 122 Å². The van der Waals surface area contributed by atoms with Crippen LogP contribution in [0, 0.1) is 112 Å². The standard InChI is InChI=1S/C39H60/c1-21-19-20-31-33-23(21)15-8-18-30(33)36-26-13-4-2-11-24(26)34-28-16-6-9-22-10-7-17-29(32(22)28)35-25-12-3-5-14-27(25)37(31)39(36)38(34)35/h21-39H,2-20H2,1H3. The van der Waals surface area contributed by atoms with Crippen molar-refractivity contribution in [3.8, 4) is 0 Å². The molecule has 0 aromatic carbocycles. The molecule has 0 aromatic rings. The summed E-state index contributed by atoms with van der Waals surface area (Å²) in [5.41, 5.74) is 0. The van der Waals surface area contributed by atoms with Crippen molar-refractivity contribution in [2.24, 2.45) is 112 Å². The van der Waals surface area contributed by atoms with E-state index in [9.17, 15) is 0 Å². The fraction of sp³-hybridized carbons (Fsp3) is 1.00. The minimum absolute atomic E-state index is 1.04. The zero-order chi connectivity index (χ0) is 25.4. The van der Waals surface area contributed by atoms with Gasteiger partial charge in [-0.3, -0.25) is 0 Å². The molecule has 10 rings (SSSR count). The Morgan fingerprint density at radius 2 is 0.641 bits per heavy atom. The SMILES string of the molecule is CC1CCC2C3C1CCCC3C1C3CCCCC3C3C4CCCC5CCCC(C54)C4C5CCCCC5C2C1C34. The predicted molar refractivity (Wildman–Crippen MR) is 160 cm³/mol. The first kappa shape index (κ1) is 24.4. The zero-order valence-corrected chi connectivity index (χ0v) is 25.4. The molecule has 0 heteroatoms. The molecule has 0 heterocycles. The summed E-state index contributed by atoms with van der Waals surface area (Å²) < 4.78 is 0. The molecule has 216 valence electrons. The lowest BCUT2D eigenvalue weighted by atomic mass is 9.29. The minimum Gasteiger partial charge on any atom is -0.0622 e. The number of fused-ring (bicyclic) bond motifs is 10. The molecule has 0 radical (unpaired) electrons. The van der Waals surface area contributed by atoms with Crippen LogP contribution in [0.25, 0.3) is 0 Å². The molecule has 0 aromatic heterocycles. The Morgan fingerprint density at radius 3 is 1.15 bits per heavy atom. The molecule has 0 saturated heterocycles. The highest BCUT2D eigenvalue weighted by atomic mass is 14.8. The lowest BCUT2D eigenvalue weighted by molar-refractivity contribution is -0.284. The van der Waals surface area contributed by atoms with E-state index in [-0.39, 0.29) is 0 Å². The molecule has 0 spiro atoms. The monoisotopic (exact) mass is 528 g/mol. The Hall–Kier alpha value is 0. The van der Waals surface area contributed by atoms with Gasteiger partial charge in [-0.25, -0.2) is 0 Å². The molecule has 0 N–H and O–H groups in total. The van der Waals surface area contributed by atoms with E-state index in [1.807, 2.05) is 0 Å². The molecule has 39 heavy (non-hydrogen) atoms. The molecule has 10 aliphatic rings. The van der Waals surface area contributed by atoms with E-state index < -0.39 is 0 Å². The van der Waals surface area contributed by atoms with Crippen LogP contribution in [0.4, 0.5) is 0 Å². The molecule has 10 saturated carbocycles. The van der Waals surface area contributed by atoms with Crippen molar-refractivity contribution in [1.82, 2.24) is 0 Å². The third-order valence-corrected chi connectivity index (χ3v) is 17.9. The van der Waals surface area contributed by atoms with Gasteiger partial charge in [-0.1, -0.05) is 71.1 Å². The highest BCUT2D eigenvalue weighted by Crippen LogP contribution is 2.77. The molecular formula is C39H60. The van der Waals surface area contributed by atoms with Crippen LogP contribution >= 0.6 is 0 Å². The Labute approximate surface area is 241 Å². The zero-order valence-electron chi connectivity index (χ0n) is 25.4. The largest absolute Gasteiger partial charge is 0.0622 e. The Bertz CT molecular complexity index is 894. The van der Waals surface area contributed by atoms with Gasteiger partial charge in [0.15, 0.2) is 0 Å². The highest BCUT2D eigenvalue weighted by molar-refractivity contribution is 5.19. The number of hydrogen-bond acceptors (Lipinski definition) is 0. The Morgan fingerprint density at radius 1 is 0.256 bits per heavy atom. The summed E-state index contributed by atoms with van der Waals surface area (Å²) in [4.78, 5) is 0. The van der Waals surface area contributed by atoms with Crippen LogP contribution in [0.1, 0.15) is 129 Å². The number of rotatable bonds is 0. The number of hydrogen-bond donors (Lipinski definition) is 0. The van der Waals surface area contributed by atoms with Crippen molar-refractivity contribution in [2.75, 3.05) is 0 Å². The minimum atomic E-state index is 1.04. The second-order valence-electron chi connectivity index (χ2n) is 18.3. The fourth-order valence-corrected chi connectivity index (χ4v) is 17.8. The van der Waals surface area contributed by atoms with Gasteiger partial charge < -0.3 is 0 Å². The van der Waals surface area contributed by atoms with Gasteiger partial charge in [-0.05, 0) is 170 Å². The van der Waals surface area contributed by atoms with Crippen LogP contribution in [0.15, 0.2) is 0 Å². The lowest BCUT2D eigenvalue weighted by Crippen LogP contribution is -2.71. The van der Waals surface area contributed by atoms with Crippen LogP contribution < -0.4 is 0 Å². The molecule has 0 nitrogen and oxygen atoms in total. The van der Waals surface area contributed by atoms with Crippen molar-refractivity contribution in [2.45, 2.75) is 129 Å². The first-order valence-corrected chi connectivity index (χ1v) is 19.3. The van der Waals surface area contributed by atoms with E-state index in [1.165, 1.54) is 53.3 Å². The maximum atomic E-state index is 2.71. The maximum Gasteiger partial charge on any atom is -0.0312 e. The summed E-state index contributed by atoms with van der Waals surface area (Å²) in [5.74, 6) is 22.1. The van der Waals surface area contributed by atoms with Crippen molar-refractivity contribution >= 4 is 0 Å². The summed E-state index contributed by atoms with van der Waals surface area (Å²) in [5, 5.41) is 0. The quantitative estimate of drug-likeness (QED) is 0.293. The van der Waals surface area contributed by atoms with Gasteiger partial charge in [0.2, 0.25) is 0 Å². The van der Waals surface area contributed by atoms with E-state index in [2.05, 4.69) is 6.92 Å². The first-order chi connectivity index (χ1) is 19.3. The van der Waals surface area contributed by atoms with Gasteiger partial charge in [0.1, 0.15) is 0 Å². The summed E-state index contributed by atoms with van der Waals surface area (Å²) in [6.45, 7) is 2.71. The van der Waals surface area contributed by atoms with Crippen LogP contribution in [0.3, 0.4) is 0 Å². The average Bonchev–Trinajstić information content (AvgIpc) is 2.99. The molecule has 0 bridgehead atoms. The summed E-state index contributed by atoms with van der Waals surface area (Å²) in [6.07, 6.45) is 31.0. The lowest BCUT2D eigenvalue weighted by Gasteiger charge is -2.76. The van der Waals surface area contributed by atoms with Gasteiger partial charge in [0, 0.05) is 0 Å². The summed E-state index contributed by atoms with van der Waals surface area (Å²) in [6, 6.07) is 0. The van der Waals surface area contributed by atoms with E-state index in [0.29, 0.717) is 0 Å². The molecular weight excluding hydrogens is 468 g/mol. The van der Waals surface area contributed by atoms with Crippen LogP contribution in [0.2, 0.25) is 0 Å². The summed E-state index contributed by atoms with van der Waals surface area (Å²) >= 11 is 0. The Balaban J connectivity index is 1.17. The van der Waals surface area contributed by atoms with E-state index >= 15 is 0 Å². The van der Waals surface area contributed by atoms with Gasteiger partial charge >= 0.3 is 0 Å². The van der Waals surface area contributed by atoms with Crippen molar-refractivity contribution < 1.29 is 0 Å². The highest BCUT2D eigenvalue weighted by Gasteiger charge is 2.72. The molecule has 0 amide bonds. The third kappa shape index (κ3) is 3.15. The second kappa shape index (κ2) is 9.01. The third-order valence-electron chi connectivity index (χ3n) is 17.9. The molecule has 10 fully saturated rings. The average molecular weight is 529 g/mol. The van der Waals surface area contributed by atoms with Gasteiger partial charge in [0.25, 0.3) is 0 Å². The van der Waals surface area contributed by atoms with Crippen LogP contribution in [-0.4, -0.2) is 0 Å². The first-order valence-electron chi connectivity index (χ1n) is 19.3. The van der Waals surface area contributed by atoms with E-state index in [4.69, 9.17) is 0 Å². The Kier molecular flexibility index (Phi) is 5.64. The summed E-state index contributed by atoms with van der Waals surface area (Å²) in [7, 11) is 0. The second-order valence-corrected chi connectivity index (χ2v) is 18.3. The van der Waals surface area contributed by atoms with Crippen LogP contribution in [-0.2, 0) is 0 Å².